The maximum Gasteiger partial charge on any atom is 0.0813 e. The molecule has 76 valence electrons. The number of aliphatic hydroxyl groups excluding tert-OH is 1. The van der Waals surface area contributed by atoms with Crippen molar-refractivity contribution < 1.29 is 5.11 Å². The van der Waals surface area contributed by atoms with E-state index >= 15 is 0 Å². The molecule has 1 atom stereocenters. The molecule has 0 radical (unpaired) electrons. The van der Waals surface area contributed by atoms with Crippen LogP contribution in [0.5, 0.6) is 0 Å². The molecule has 0 aliphatic carbocycles. The van der Waals surface area contributed by atoms with E-state index in [4.69, 9.17) is 0 Å². The van der Waals surface area contributed by atoms with Gasteiger partial charge in [0, 0.05) is 6.42 Å². The van der Waals surface area contributed by atoms with E-state index in [1.54, 1.807) is 0 Å². The molecular weight excluding hydrogens is 200 g/mol. The second-order valence-electron chi connectivity index (χ2n) is 3.33. The molecular formula is C10H18OS2. The first-order valence-corrected chi connectivity index (χ1v) is 6.79. The Morgan fingerprint density at radius 2 is 2.15 bits per heavy atom. The standard InChI is InChI=1S/C10H18OS2/c1-3-9(11)8-10(4-2)12-6-5-7-13-10/h4,9,11H,2-3,5-8H2,1H3/t9-/m1/s1. The minimum atomic E-state index is -0.170. The maximum absolute atomic E-state index is 9.63. The van der Waals surface area contributed by atoms with Gasteiger partial charge in [-0.15, -0.1) is 30.1 Å². The van der Waals surface area contributed by atoms with Crippen molar-refractivity contribution in [3.8, 4) is 0 Å². The lowest BCUT2D eigenvalue weighted by Crippen LogP contribution is -2.27. The molecule has 1 nitrogen and oxygen atoms in total. The third-order valence-electron chi connectivity index (χ3n) is 2.28. The maximum atomic E-state index is 9.63. The van der Waals surface area contributed by atoms with Gasteiger partial charge in [-0.2, -0.15) is 0 Å². The fourth-order valence-electron chi connectivity index (χ4n) is 1.38. The van der Waals surface area contributed by atoms with Gasteiger partial charge in [0.25, 0.3) is 0 Å². The predicted octanol–water partition coefficient (Wildman–Crippen LogP) is 2.90. The number of hydrogen-bond acceptors (Lipinski definition) is 3. The summed E-state index contributed by atoms with van der Waals surface area (Å²) < 4.78 is 0.0909. The summed E-state index contributed by atoms with van der Waals surface area (Å²) in [5.74, 6) is 2.41. The fourth-order valence-corrected chi connectivity index (χ4v) is 4.52. The minimum absolute atomic E-state index is 0.0909. The SMILES string of the molecule is C=CC1(C[C@H](O)CC)SCCCS1. The van der Waals surface area contributed by atoms with Crippen molar-refractivity contribution in [3.05, 3.63) is 12.7 Å². The molecule has 3 heteroatoms. The molecule has 1 saturated heterocycles. The third kappa shape index (κ3) is 3.22. The van der Waals surface area contributed by atoms with E-state index < -0.39 is 0 Å². The molecule has 0 unspecified atom stereocenters. The zero-order valence-corrected chi connectivity index (χ0v) is 9.79. The molecule has 0 amide bonds. The van der Waals surface area contributed by atoms with Crippen LogP contribution in [0.25, 0.3) is 0 Å². The molecule has 1 N–H and O–H groups in total. The summed E-state index contributed by atoms with van der Waals surface area (Å²) in [6, 6.07) is 0. The minimum Gasteiger partial charge on any atom is -0.393 e. The molecule has 1 aliphatic rings. The largest absolute Gasteiger partial charge is 0.393 e. The average molecular weight is 218 g/mol. The van der Waals surface area contributed by atoms with E-state index in [0.717, 1.165) is 12.8 Å². The highest BCUT2D eigenvalue weighted by atomic mass is 32.2. The van der Waals surface area contributed by atoms with E-state index in [1.807, 2.05) is 36.5 Å². The van der Waals surface area contributed by atoms with Crippen LogP contribution in [0, 0.1) is 0 Å². The highest BCUT2D eigenvalue weighted by molar-refractivity contribution is 8.19. The molecule has 1 fully saturated rings. The topological polar surface area (TPSA) is 20.2 Å². The molecule has 0 aromatic heterocycles. The molecule has 0 aromatic rings. The van der Waals surface area contributed by atoms with E-state index in [2.05, 4.69) is 6.58 Å². The lowest BCUT2D eigenvalue weighted by molar-refractivity contribution is 0.160. The van der Waals surface area contributed by atoms with Crippen LogP contribution in [-0.2, 0) is 0 Å². The predicted molar refractivity (Wildman–Crippen MR) is 63.4 cm³/mol. The molecule has 0 saturated carbocycles. The van der Waals surface area contributed by atoms with E-state index in [-0.39, 0.29) is 10.2 Å². The Kier molecular flexibility index (Phi) is 4.70. The Hall–Kier alpha value is 0.400. The Morgan fingerprint density at radius 1 is 1.54 bits per heavy atom. The van der Waals surface area contributed by atoms with Gasteiger partial charge < -0.3 is 5.11 Å². The lowest BCUT2D eigenvalue weighted by Gasteiger charge is -2.34. The van der Waals surface area contributed by atoms with Gasteiger partial charge in [-0.3, -0.25) is 0 Å². The Bertz CT molecular complexity index is 164. The van der Waals surface area contributed by atoms with Crippen LogP contribution in [0.15, 0.2) is 12.7 Å². The first-order chi connectivity index (χ1) is 6.22. The van der Waals surface area contributed by atoms with Crippen LogP contribution < -0.4 is 0 Å². The summed E-state index contributed by atoms with van der Waals surface area (Å²) in [6.45, 7) is 5.92. The Morgan fingerprint density at radius 3 is 2.62 bits per heavy atom. The number of thioether (sulfide) groups is 2. The van der Waals surface area contributed by atoms with Crippen molar-refractivity contribution in [2.45, 2.75) is 36.4 Å². The summed E-state index contributed by atoms with van der Waals surface area (Å²) >= 11 is 3.88. The Labute approximate surface area is 89.4 Å². The molecule has 0 bridgehead atoms. The molecule has 0 spiro atoms. The summed E-state index contributed by atoms with van der Waals surface area (Å²) in [5, 5.41) is 9.63. The van der Waals surface area contributed by atoms with Crippen LogP contribution in [0.3, 0.4) is 0 Å². The van der Waals surface area contributed by atoms with Crippen LogP contribution in [0.1, 0.15) is 26.2 Å². The van der Waals surface area contributed by atoms with E-state index in [0.29, 0.717) is 0 Å². The summed E-state index contributed by atoms with van der Waals surface area (Å²) in [4.78, 5) is 0. The lowest BCUT2D eigenvalue weighted by atomic mass is 10.1. The molecule has 0 aromatic carbocycles. The van der Waals surface area contributed by atoms with Gasteiger partial charge in [-0.25, -0.2) is 0 Å². The highest BCUT2D eigenvalue weighted by Crippen LogP contribution is 2.46. The highest BCUT2D eigenvalue weighted by Gasteiger charge is 2.32. The first-order valence-electron chi connectivity index (χ1n) is 4.82. The fraction of sp³-hybridized carbons (Fsp3) is 0.800. The average Bonchev–Trinajstić information content (AvgIpc) is 2.19. The van der Waals surface area contributed by atoms with Crippen molar-refractivity contribution in [1.82, 2.24) is 0 Å². The van der Waals surface area contributed by atoms with Crippen LogP contribution >= 0.6 is 23.5 Å². The van der Waals surface area contributed by atoms with Crippen LogP contribution in [0.2, 0.25) is 0 Å². The normalized spacial score (nSPS) is 23.8. The van der Waals surface area contributed by atoms with Crippen LogP contribution in [0.4, 0.5) is 0 Å². The van der Waals surface area contributed by atoms with Crippen molar-refractivity contribution in [3.63, 3.8) is 0 Å². The summed E-state index contributed by atoms with van der Waals surface area (Å²) in [7, 11) is 0. The zero-order chi connectivity index (χ0) is 9.73. The van der Waals surface area contributed by atoms with Crippen molar-refractivity contribution in [2.75, 3.05) is 11.5 Å². The number of aliphatic hydroxyl groups is 1. The van der Waals surface area contributed by atoms with Gasteiger partial charge in [-0.05, 0) is 24.3 Å². The van der Waals surface area contributed by atoms with Gasteiger partial charge in [0.2, 0.25) is 0 Å². The van der Waals surface area contributed by atoms with Crippen molar-refractivity contribution >= 4 is 23.5 Å². The van der Waals surface area contributed by atoms with E-state index in [1.165, 1.54) is 17.9 Å². The van der Waals surface area contributed by atoms with Gasteiger partial charge in [0.1, 0.15) is 0 Å². The number of hydrogen-bond donors (Lipinski definition) is 1. The van der Waals surface area contributed by atoms with Crippen molar-refractivity contribution in [1.29, 1.82) is 0 Å². The monoisotopic (exact) mass is 218 g/mol. The third-order valence-corrected chi connectivity index (χ3v) is 5.62. The number of rotatable bonds is 4. The smallest absolute Gasteiger partial charge is 0.0813 e. The van der Waals surface area contributed by atoms with Crippen LogP contribution in [-0.4, -0.2) is 26.8 Å². The van der Waals surface area contributed by atoms with Gasteiger partial charge in [0.15, 0.2) is 0 Å². The van der Waals surface area contributed by atoms with Gasteiger partial charge >= 0.3 is 0 Å². The second kappa shape index (κ2) is 5.32. The van der Waals surface area contributed by atoms with Crippen molar-refractivity contribution in [2.24, 2.45) is 0 Å². The quantitative estimate of drug-likeness (QED) is 0.733. The summed E-state index contributed by atoms with van der Waals surface area (Å²) in [6.07, 6.45) is 4.82. The van der Waals surface area contributed by atoms with Gasteiger partial charge in [0.05, 0.1) is 10.2 Å². The molecule has 1 rings (SSSR count). The molecule has 1 aliphatic heterocycles. The molecule has 13 heavy (non-hydrogen) atoms. The second-order valence-corrected chi connectivity index (χ2v) is 6.44. The Balaban J connectivity index is 2.52. The first kappa shape index (κ1) is 11.5. The van der Waals surface area contributed by atoms with E-state index in [9.17, 15) is 5.11 Å². The molecule has 1 heterocycles. The zero-order valence-electron chi connectivity index (χ0n) is 8.16. The summed E-state index contributed by atoms with van der Waals surface area (Å²) in [5.41, 5.74) is 0. The van der Waals surface area contributed by atoms with Gasteiger partial charge in [-0.1, -0.05) is 13.0 Å².